The van der Waals surface area contributed by atoms with E-state index in [1.54, 1.807) is 0 Å². The predicted molar refractivity (Wildman–Crippen MR) is 87.9 cm³/mol. The third kappa shape index (κ3) is 3.86. The number of hydrogen-bond acceptors (Lipinski definition) is 2. The largest absolute Gasteiger partial charge is 0.352 e. The summed E-state index contributed by atoms with van der Waals surface area (Å²) in [6.45, 7) is 2.66. The molecule has 21 heavy (non-hydrogen) atoms. The quantitative estimate of drug-likeness (QED) is 0.843. The summed E-state index contributed by atoms with van der Waals surface area (Å²) in [5.41, 5.74) is 3.93. The average Bonchev–Trinajstić information content (AvgIpc) is 2.53. The Morgan fingerprint density at radius 3 is 2.95 bits per heavy atom. The fourth-order valence-corrected chi connectivity index (χ4v) is 3.18. The van der Waals surface area contributed by atoms with Crippen LogP contribution in [-0.4, -0.2) is 25.5 Å². The van der Waals surface area contributed by atoms with E-state index < -0.39 is 0 Å². The first-order chi connectivity index (χ1) is 9.84. The Labute approximate surface area is 132 Å². The molecular weight excluding hydrogens is 284 g/mol. The van der Waals surface area contributed by atoms with Crippen molar-refractivity contribution in [2.24, 2.45) is 0 Å². The van der Waals surface area contributed by atoms with E-state index in [1.807, 2.05) is 6.07 Å². The van der Waals surface area contributed by atoms with Crippen LogP contribution >= 0.6 is 12.4 Å². The van der Waals surface area contributed by atoms with Crippen molar-refractivity contribution >= 4 is 18.3 Å². The van der Waals surface area contributed by atoms with E-state index in [2.05, 4.69) is 34.9 Å². The molecule has 1 heterocycles. The summed E-state index contributed by atoms with van der Waals surface area (Å²) < 4.78 is 0. The molecule has 1 aromatic rings. The lowest BCUT2D eigenvalue weighted by Gasteiger charge is -2.25. The van der Waals surface area contributed by atoms with Gasteiger partial charge in [-0.1, -0.05) is 35.9 Å². The Hall–Kier alpha value is -1.32. The zero-order chi connectivity index (χ0) is 13.8. The topological polar surface area (TPSA) is 41.1 Å². The highest BCUT2D eigenvalue weighted by molar-refractivity contribution is 5.85. The van der Waals surface area contributed by atoms with Crippen molar-refractivity contribution in [3.8, 4) is 0 Å². The third-order valence-corrected chi connectivity index (χ3v) is 4.33. The summed E-state index contributed by atoms with van der Waals surface area (Å²) >= 11 is 0. The van der Waals surface area contributed by atoms with Crippen molar-refractivity contribution < 1.29 is 4.79 Å². The highest BCUT2D eigenvalue weighted by Crippen LogP contribution is 2.31. The Balaban J connectivity index is 0.00000161. The molecule has 2 aliphatic rings. The van der Waals surface area contributed by atoms with Crippen LogP contribution in [0.25, 0.3) is 0 Å². The van der Waals surface area contributed by atoms with Crippen LogP contribution in [0.1, 0.15) is 36.3 Å². The number of rotatable bonds is 3. The van der Waals surface area contributed by atoms with Crippen molar-refractivity contribution in [1.29, 1.82) is 0 Å². The number of aryl methyl sites for hydroxylation is 1. The maximum atomic E-state index is 12.4. The molecule has 2 N–H and O–H groups in total. The fraction of sp³-hybridized carbons (Fsp3) is 0.471. The number of fused-ring (bicyclic) bond motifs is 1. The molecule has 0 fully saturated rings. The standard InChI is InChI=1S/C17H22N2O.ClH/c20-17(19-12-13-8-10-18-11-9-13)16-7-3-5-14-4-1-2-6-15(14)16;/h1-2,4,6,8,16,18H,3,5,7,9-12H2,(H,19,20);1H. The minimum Gasteiger partial charge on any atom is -0.352 e. The predicted octanol–water partition coefficient (Wildman–Crippen LogP) is 2.56. The highest BCUT2D eigenvalue weighted by Gasteiger charge is 2.25. The average molecular weight is 307 g/mol. The second-order valence-electron chi connectivity index (χ2n) is 5.68. The summed E-state index contributed by atoms with van der Waals surface area (Å²) in [6.07, 6.45) is 6.43. The van der Waals surface area contributed by atoms with Crippen LogP contribution in [0.3, 0.4) is 0 Å². The smallest absolute Gasteiger partial charge is 0.227 e. The van der Waals surface area contributed by atoms with Gasteiger partial charge < -0.3 is 10.6 Å². The number of benzene rings is 1. The summed E-state index contributed by atoms with van der Waals surface area (Å²) in [5, 5.41) is 6.42. The molecule has 0 spiro atoms. The maximum Gasteiger partial charge on any atom is 0.227 e. The van der Waals surface area contributed by atoms with Crippen molar-refractivity contribution in [2.75, 3.05) is 19.6 Å². The molecule has 3 nitrogen and oxygen atoms in total. The van der Waals surface area contributed by atoms with E-state index in [-0.39, 0.29) is 24.2 Å². The van der Waals surface area contributed by atoms with Crippen molar-refractivity contribution in [2.45, 2.75) is 31.6 Å². The van der Waals surface area contributed by atoms with Crippen molar-refractivity contribution in [3.63, 3.8) is 0 Å². The Morgan fingerprint density at radius 2 is 2.14 bits per heavy atom. The van der Waals surface area contributed by atoms with Gasteiger partial charge in [-0.25, -0.2) is 0 Å². The van der Waals surface area contributed by atoms with E-state index in [0.29, 0.717) is 6.54 Å². The molecule has 1 amide bonds. The molecule has 1 aromatic carbocycles. The lowest BCUT2D eigenvalue weighted by molar-refractivity contribution is -0.122. The molecule has 4 heteroatoms. The number of halogens is 1. The minimum atomic E-state index is 0. The number of carbonyl (C=O) groups is 1. The van der Waals surface area contributed by atoms with Crippen LogP contribution in [0.15, 0.2) is 35.9 Å². The van der Waals surface area contributed by atoms with E-state index in [0.717, 1.165) is 38.8 Å². The number of amides is 1. The lowest BCUT2D eigenvalue weighted by atomic mass is 9.82. The molecular formula is C17H23ClN2O. The maximum absolute atomic E-state index is 12.4. The number of nitrogens with one attached hydrogen (secondary N) is 2. The Kier molecular flexibility index (Phi) is 5.83. The van der Waals surface area contributed by atoms with Crippen LogP contribution in [0.2, 0.25) is 0 Å². The van der Waals surface area contributed by atoms with Gasteiger partial charge in [0.1, 0.15) is 0 Å². The summed E-state index contributed by atoms with van der Waals surface area (Å²) in [7, 11) is 0. The van der Waals surface area contributed by atoms with Gasteiger partial charge in [0.2, 0.25) is 5.91 Å². The molecule has 1 atom stereocenters. The van der Waals surface area contributed by atoms with E-state index in [1.165, 1.54) is 16.7 Å². The first-order valence-electron chi connectivity index (χ1n) is 7.59. The molecule has 1 aliphatic heterocycles. The van der Waals surface area contributed by atoms with Gasteiger partial charge in [-0.15, -0.1) is 12.4 Å². The van der Waals surface area contributed by atoms with Gasteiger partial charge in [0, 0.05) is 13.1 Å². The molecule has 0 saturated carbocycles. The highest BCUT2D eigenvalue weighted by atomic mass is 35.5. The van der Waals surface area contributed by atoms with Gasteiger partial charge in [-0.3, -0.25) is 4.79 Å². The molecule has 0 bridgehead atoms. The first-order valence-corrected chi connectivity index (χ1v) is 7.59. The molecule has 114 valence electrons. The van der Waals surface area contributed by atoms with Crippen LogP contribution < -0.4 is 10.6 Å². The fourth-order valence-electron chi connectivity index (χ4n) is 3.18. The van der Waals surface area contributed by atoms with Gasteiger partial charge in [0.15, 0.2) is 0 Å². The van der Waals surface area contributed by atoms with Gasteiger partial charge >= 0.3 is 0 Å². The van der Waals surface area contributed by atoms with Gasteiger partial charge in [-0.05, 0) is 43.4 Å². The monoisotopic (exact) mass is 306 g/mol. The van der Waals surface area contributed by atoms with E-state index >= 15 is 0 Å². The Morgan fingerprint density at radius 1 is 1.29 bits per heavy atom. The summed E-state index contributed by atoms with van der Waals surface area (Å²) in [4.78, 5) is 12.4. The molecule has 0 aromatic heterocycles. The normalized spacial score (nSPS) is 20.8. The summed E-state index contributed by atoms with van der Waals surface area (Å²) in [6, 6.07) is 8.38. The number of carbonyl (C=O) groups excluding carboxylic acids is 1. The molecule has 0 radical (unpaired) electrons. The van der Waals surface area contributed by atoms with Crippen LogP contribution in [0.5, 0.6) is 0 Å². The number of hydrogen-bond donors (Lipinski definition) is 2. The van der Waals surface area contributed by atoms with Crippen LogP contribution in [-0.2, 0) is 11.2 Å². The van der Waals surface area contributed by atoms with Gasteiger partial charge in [0.05, 0.1) is 5.92 Å². The van der Waals surface area contributed by atoms with Crippen LogP contribution in [0.4, 0.5) is 0 Å². The third-order valence-electron chi connectivity index (χ3n) is 4.33. The first kappa shape index (κ1) is 16.1. The second kappa shape index (κ2) is 7.62. The van der Waals surface area contributed by atoms with E-state index in [9.17, 15) is 4.79 Å². The minimum absolute atomic E-state index is 0. The zero-order valence-corrected chi connectivity index (χ0v) is 13.0. The van der Waals surface area contributed by atoms with Gasteiger partial charge in [-0.2, -0.15) is 0 Å². The molecule has 0 saturated heterocycles. The zero-order valence-electron chi connectivity index (χ0n) is 12.2. The van der Waals surface area contributed by atoms with Crippen LogP contribution in [0, 0.1) is 0 Å². The lowest BCUT2D eigenvalue weighted by Crippen LogP contribution is -2.34. The second-order valence-corrected chi connectivity index (χ2v) is 5.68. The summed E-state index contributed by atoms with van der Waals surface area (Å²) in [5.74, 6) is 0.235. The van der Waals surface area contributed by atoms with E-state index in [4.69, 9.17) is 0 Å². The van der Waals surface area contributed by atoms with Crippen molar-refractivity contribution in [1.82, 2.24) is 10.6 Å². The molecule has 3 rings (SSSR count). The molecule has 1 unspecified atom stereocenters. The SMILES string of the molecule is Cl.O=C(NCC1=CCNCC1)C1CCCc2ccccc21. The Bertz CT molecular complexity index is 527. The molecule has 1 aliphatic carbocycles. The van der Waals surface area contributed by atoms with Crippen molar-refractivity contribution in [3.05, 3.63) is 47.0 Å². The van der Waals surface area contributed by atoms with Gasteiger partial charge in [0.25, 0.3) is 0 Å².